The molecule has 0 radical (unpaired) electrons. The Bertz CT molecular complexity index is 535. The molecule has 8 heteroatoms. The van der Waals surface area contributed by atoms with E-state index in [9.17, 15) is 8.42 Å². The van der Waals surface area contributed by atoms with Gasteiger partial charge in [0.05, 0.1) is 11.9 Å². The van der Waals surface area contributed by atoms with Crippen molar-refractivity contribution in [3.05, 3.63) is 0 Å². The first-order valence-electron chi connectivity index (χ1n) is 6.26. The van der Waals surface area contributed by atoms with E-state index in [4.69, 9.17) is 10.5 Å². The Morgan fingerprint density at radius 2 is 2.32 bits per heavy atom. The van der Waals surface area contributed by atoms with Crippen LogP contribution in [0.15, 0.2) is 4.90 Å². The molecular formula is C11H19N3O3S2. The quantitative estimate of drug-likeness (QED) is 0.878. The van der Waals surface area contributed by atoms with Crippen LogP contribution in [0.3, 0.4) is 0 Å². The molecule has 1 aromatic heterocycles. The third kappa shape index (κ3) is 3.01. The number of anilines is 2. The molecule has 0 saturated carbocycles. The number of sulfone groups is 1. The second-order valence-electron chi connectivity index (χ2n) is 4.62. The van der Waals surface area contributed by atoms with Crippen LogP contribution in [0, 0.1) is 0 Å². The predicted octanol–water partition coefficient (Wildman–Crippen LogP) is 1.13. The fraction of sp³-hybridized carbons (Fsp3) is 0.727. The number of nitrogens with zero attached hydrogens (tertiary/aromatic N) is 2. The van der Waals surface area contributed by atoms with E-state index < -0.39 is 9.84 Å². The lowest BCUT2D eigenvalue weighted by molar-refractivity contribution is 0.116. The summed E-state index contributed by atoms with van der Waals surface area (Å²) in [5, 5.41) is 0.606. The van der Waals surface area contributed by atoms with Gasteiger partial charge in [0.1, 0.15) is 9.90 Å². The highest BCUT2D eigenvalue weighted by atomic mass is 32.2. The number of ether oxygens (including phenoxy) is 1. The highest BCUT2D eigenvalue weighted by Crippen LogP contribution is 2.35. The zero-order chi connectivity index (χ0) is 14.0. The van der Waals surface area contributed by atoms with Crippen molar-refractivity contribution in [2.75, 3.05) is 36.6 Å². The summed E-state index contributed by atoms with van der Waals surface area (Å²) in [4.78, 5) is 2.05. The molecule has 2 N–H and O–H groups in total. The van der Waals surface area contributed by atoms with E-state index in [1.165, 1.54) is 0 Å². The standard InChI is InChI=1S/C11H19N3O3S2/c1-3-19(15,16)9-10(12)13-18-11(9)14(2)7-8-5-4-6-17-8/h8H,3-7H2,1-2H3,(H2,12,13). The van der Waals surface area contributed by atoms with Crippen molar-refractivity contribution < 1.29 is 13.2 Å². The van der Waals surface area contributed by atoms with Crippen LogP contribution in [0.1, 0.15) is 19.8 Å². The molecule has 1 atom stereocenters. The SMILES string of the molecule is CCS(=O)(=O)c1c(N)nsc1N(C)CC1CCCO1. The van der Waals surface area contributed by atoms with Gasteiger partial charge in [-0.05, 0) is 24.4 Å². The normalized spacial score (nSPS) is 19.8. The fourth-order valence-corrected chi connectivity index (χ4v) is 4.44. The van der Waals surface area contributed by atoms with Crippen LogP contribution in [0.2, 0.25) is 0 Å². The topological polar surface area (TPSA) is 85.5 Å². The van der Waals surface area contributed by atoms with Gasteiger partial charge in [-0.2, -0.15) is 4.37 Å². The maximum absolute atomic E-state index is 12.1. The lowest BCUT2D eigenvalue weighted by Crippen LogP contribution is -2.29. The molecule has 0 amide bonds. The maximum Gasteiger partial charge on any atom is 0.184 e. The van der Waals surface area contributed by atoms with E-state index >= 15 is 0 Å². The summed E-state index contributed by atoms with van der Waals surface area (Å²) < 4.78 is 33.7. The third-order valence-corrected chi connectivity index (χ3v) is 6.09. The van der Waals surface area contributed by atoms with Crippen LogP contribution in [0.25, 0.3) is 0 Å². The third-order valence-electron chi connectivity index (χ3n) is 3.20. The molecule has 1 unspecified atom stereocenters. The molecular weight excluding hydrogens is 286 g/mol. The van der Waals surface area contributed by atoms with Crippen LogP contribution in [-0.2, 0) is 14.6 Å². The van der Waals surface area contributed by atoms with Gasteiger partial charge in [0, 0.05) is 20.2 Å². The summed E-state index contributed by atoms with van der Waals surface area (Å²) in [5.41, 5.74) is 5.71. The molecule has 0 aromatic carbocycles. The predicted molar refractivity (Wildman–Crippen MR) is 76.5 cm³/mol. The van der Waals surface area contributed by atoms with E-state index in [-0.39, 0.29) is 22.6 Å². The van der Waals surface area contributed by atoms with Gasteiger partial charge in [0.25, 0.3) is 0 Å². The number of aromatic nitrogens is 1. The zero-order valence-electron chi connectivity index (χ0n) is 11.1. The Hall–Kier alpha value is -0.860. The monoisotopic (exact) mass is 305 g/mol. The molecule has 1 saturated heterocycles. The molecule has 0 spiro atoms. The second kappa shape index (κ2) is 5.64. The molecule has 1 fully saturated rings. The molecule has 0 aliphatic carbocycles. The lowest BCUT2D eigenvalue weighted by atomic mass is 10.2. The average molecular weight is 305 g/mol. The summed E-state index contributed by atoms with van der Waals surface area (Å²) in [7, 11) is -1.50. The molecule has 1 aliphatic rings. The van der Waals surface area contributed by atoms with Gasteiger partial charge >= 0.3 is 0 Å². The Morgan fingerprint density at radius 1 is 1.58 bits per heavy atom. The number of hydrogen-bond donors (Lipinski definition) is 1. The first kappa shape index (κ1) is 14.5. The Kier molecular flexibility index (Phi) is 4.32. The van der Waals surface area contributed by atoms with Gasteiger partial charge in [-0.3, -0.25) is 0 Å². The number of hydrogen-bond acceptors (Lipinski definition) is 7. The van der Waals surface area contributed by atoms with Crippen LogP contribution in [0.4, 0.5) is 10.8 Å². The van der Waals surface area contributed by atoms with Crippen LogP contribution < -0.4 is 10.6 Å². The van der Waals surface area contributed by atoms with E-state index in [1.807, 2.05) is 11.9 Å². The molecule has 6 nitrogen and oxygen atoms in total. The van der Waals surface area contributed by atoms with Crippen molar-refractivity contribution in [3.8, 4) is 0 Å². The first-order valence-corrected chi connectivity index (χ1v) is 8.69. The molecule has 2 rings (SSSR count). The van der Waals surface area contributed by atoms with Crippen LogP contribution >= 0.6 is 11.5 Å². The number of nitrogen functional groups attached to an aromatic ring is 1. The van der Waals surface area contributed by atoms with E-state index in [0.717, 1.165) is 31.0 Å². The van der Waals surface area contributed by atoms with Crippen LogP contribution in [0.5, 0.6) is 0 Å². The first-order chi connectivity index (χ1) is 8.95. The minimum absolute atomic E-state index is 0.0242. The fourth-order valence-electron chi connectivity index (χ4n) is 2.14. The van der Waals surface area contributed by atoms with Crippen molar-refractivity contribution in [2.45, 2.75) is 30.8 Å². The summed E-state index contributed by atoms with van der Waals surface area (Å²) in [6, 6.07) is 0. The van der Waals surface area contributed by atoms with Gasteiger partial charge in [-0.1, -0.05) is 6.92 Å². The van der Waals surface area contributed by atoms with Crippen molar-refractivity contribution in [1.29, 1.82) is 0 Å². The Balaban J connectivity index is 2.24. The molecule has 19 heavy (non-hydrogen) atoms. The molecule has 1 aromatic rings. The van der Waals surface area contributed by atoms with E-state index in [0.29, 0.717) is 11.5 Å². The minimum Gasteiger partial charge on any atom is -0.382 e. The summed E-state index contributed by atoms with van der Waals surface area (Å²) in [5.74, 6) is 0.122. The molecule has 1 aliphatic heterocycles. The molecule has 0 bridgehead atoms. The van der Waals surface area contributed by atoms with Gasteiger partial charge in [0.2, 0.25) is 0 Å². The van der Waals surface area contributed by atoms with Gasteiger partial charge in [0.15, 0.2) is 15.7 Å². The van der Waals surface area contributed by atoms with Gasteiger partial charge in [-0.25, -0.2) is 8.42 Å². The second-order valence-corrected chi connectivity index (χ2v) is 7.59. The van der Waals surface area contributed by atoms with E-state index in [2.05, 4.69) is 4.37 Å². The summed E-state index contributed by atoms with van der Waals surface area (Å²) in [6.45, 7) is 3.05. The number of nitrogens with two attached hydrogens (primary N) is 1. The van der Waals surface area contributed by atoms with Crippen molar-refractivity contribution in [1.82, 2.24) is 4.37 Å². The zero-order valence-corrected chi connectivity index (χ0v) is 12.8. The number of rotatable bonds is 5. The van der Waals surface area contributed by atoms with Crippen molar-refractivity contribution >= 4 is 32.2 Å². The largest absolute Gasteiger partial charge is 0.382 e. The van der Waals surface area contributed by atoms with E-state index in [1.54, 1.807) is 6.92 Å². The average Bonchev–Trinajstić information content (AvgIpc) is 2.98. The highest BCUT2D eigenvalue weighted by Gasteiger charge is 2.27. The molecule has 2 heterocycles. The van der Waals surface area contributed by atoms with Crippen molar-refractivity contribution in [3.63, 3.8) is 0 Å². The molecule has 108 valence electrons. The lowest BCUT2D eigenvalue weighted by Gasteiger charge is -2.21. The Morgan fingerprint density at radius 3 is 2.89 bits per heavy atom. The number of likely N-dealkylation sites (N-methyl/N-ethyl adjacent to an activating group) is 1. The van der Waals surface area contributed by atoms with Crippen LogP contribution in [-0.4, -0.2) is 44.8 Å². The highest BCUT2D eigenvalue weighted by molar-refractivity contribution is 7.91. The Labute approximate surface area is 117 Å². The summed E-state index contributed by atoms with van der Waals surface area (Å²) in [6.07, 6.45) is 2.23. The maximum atomic E-state index is 12.1. The van der Waals surface area contributed by atoms with Gasteiger partial charge < -0.3 is 15.4 Å². The minimum atomic E-state index is -3.35. The smallest absolute Gasteiger partial charge is 0.184 e. The van der Waals surface area contributed by atoms with Gasteiger partial charge in [-0.15, -0.1) is 0 Å². The summed E-state index contributed by atoms with van der Waals surface area (Å²) >= 11 is 1.13. The van der Waals surface area contributed by atoms with Crippen molar-refractivity contribution in [2.24, 2.45) is 0 Å².